The number of rotatable bonds is 3. The summed E-state index contributed by atoms with van der Waals surface area (Å²) in [5.41, 5.74) is -0.893. The van der Waals surface area contributed by atoms with Gasteiger partial charge in [0.15, 0.2) is 0 Å². The van der Waals surface area contributed by atoms with E-state index < -0.39 is 35.8 Å². The molecule has 3 aliphatic rings. The monoisotopic (exact) mass is 493 g/mol. The number of hydrogen-bond donors (Lipinski definition) is 1. The molecule has 1 aromatic rings. The molecule has 4 rings (SSSR count). The molecular formula is C23H26F3N5O4. The van der Waals surface area contributed by atoms with Gasteiger partial charge in [-0.05, 0) is 18.6 Å². The molecule has 0 aliphatic carbocycles. The minimum atomic E-state index is -4.68. The van der Waals surface area contributed by atoms with E-state index in [1.54, 1.807) is 16.7 Å². The highest BCUT2D eigenvalue weighted by Crippen LogP contribution is 2.41. The minimum Gasteiger partial charge on any atom is -0.339 e. The molecule has 12 heteroatoms. The van der Waals surface area contributed by atoms with Crippen molar-refractivity contribution in [1.29, 1.82) is 0 Å². The van der Waals surface area contributed by atoms with Crippen molar-refractivity contribution < 1.29 is 32.3 Å². The Balaban J connectivity index is 1.61. The van der Waals surface area contributed by atoms with Gasteiger partial charge in [-0.15, -0.1) is 0 Å². The summed E-state index contributed by atoms with van der Waals surface area (Å²) in [4.78, 5) is 56.5. The third-order valence-corrected chi connectivity index (χ3v) is 6.83. The van der Waals surface area contributed by atoms with Gasteiger partial charge in [0.05, 0.1) is 29.4 Å². The summed E-state index contributed by atoms with van der Waals surface area (Å²) in [5, 5.41) is 2.51. The Labute approximate surface area is 200 Å². The van der Waals surface area contributed by atoms with Crippen LogP contribution in [0, 0.1) is 0 Å². The lowest BCUT2D eigenvalue weighted by molar-refractivity contribution is -0.145. The Hall–Kier alpha value is -3.57. The van der Waals surface area contributed by atoms with Gasteiger partial charge in [-0.1, -0.05) is 18.2 Å². The lowest BCUT2D eigenvalue weighted by Gasteiger charge is -2.37. The standard InChI is InChI=1S/C23H26F3N5O4/c1-13(20(33)30-10-8-29(9-11-30)14(2)32)31-12-17-18(21(31)34)19(27-22(35)28(17)3)15-6-4-5-7-16(15)23(24,25)26/h4-7,13,19H,8-12H2,1-3H3,(H,27,35). The zero-order chi connectivity index (χ0) is 25.7. The van der Waals surface area contributed by atoms with Crippen LogP contribution < -0.4 is 5.32 Å². The number of urea groups is 1. The Morgan fingerprint density at radius 1 is 1.06 bits per heavy atom. The minimum absolute atomic E-state index is 0.0184. The molecule has 0 bridgehead atoms. The summed E-state index contributed by atoms with van der Waals surface area (Å²) >= 11 is 0. The van der Waals surface area contributed by atoms with E-state index in [0.29, 0.717) is 26.2 Å². The fourth-order valence-corrected chi connectivity index (χ4v) is 4.78. The molecule has 9 nitrogen and oxygen atoms in total. The van der Waals surface area contributed by atoms with E-state index in [4.69, 9.17) is 0 Å². The van der Waals surface area contributed by atoms with Gasteiger partial charge in [-0.2, -0.15) is 13.2 Å². The highest BCUT2D eigenvalue weighted by Gasteiger charge is 2.47. The number of halogens is 3. The SMILES string of the molecule is CC(=O)N1CCN(C(=O)C(C)N2CC3=C(C2=O)C(c2ccccc2C(F)(F)F)NC(=O)N3C)CC1. The molecule has 0 spiro atoms. The molecule has 1 N–H and O–H groups in total. The molecule has 3 heterocycles. The zero-order valence-electron chi connectivity index (χ0n) is 19.6. The summed E-state index contributed by atoms with van der Waals surface area (Å²) in [6.07, 6.45) is -4.68. The molecule has 2 unspecified atom stereocenters. The van der Waals surface area contributed by atoms with Crippen LogP contribution in [0.2, 0.25) is 0 Å². The van der Waals surface area contributed by atoms with Gasteiger partial charge in [0.2, 0.25) is 11.8 Å². The van der Waals surface area contributed by atoms with E-state index >= 15 is 0 Å². The molecule has 0 aromatic heterocycles. The fraction of sp³-hybridized carbons (Fsp3) is 0.478. The Bertz CT molecular complexity index is 1110. The average molecular weight is 493 g/mol. The highest BCUT2D eigenvalue weighted by atomic mass is 19.4. The summed E-state index contributed by atoms with van der Waals surface area (Å²) in [7, 11) is 1.43. The topological polar surface area (TPSA) is 93.3 Å². The quantitative estimate of drug-likeness (QED) is 0.692. The van der Waals surface area contributed by atoms with Crippen molar-refractivity contribution in [2.75, 3.05) is 39.8 Å². The number of carbonyl (C=O) groups is 4. The number of nitrogens with one attached hydrogen (secondary N) is 1. The number of likely N-dealkylation sites (N-methyl/N-ethyl adjacent to an activating group) is 1. The molecule has 3 aliphatic heterocycles. The van der Waals surface area contributed by atoms with Gasteiger partial charge in [0, 0.05) is 40.2 Å². The summed E-state index contributed by atoms with van der Waals surface area (Å²) in [6.45, 7) is 4.34. The third kappa shape index (κ3) is 4.32. The van der Waals surface area contributed by atoms with Gasteiger partial charge < -0.3 is 20.0 Å². The number of amides is 5. The Morgan fingerprint density at radius 3 is 2.26 bits per heavy atom. The van der Waals surface area contributed by atoms with Gasteiger partial charge in [-0.25, -0.2) is 4.79 Å². The third-order valence-electron chi connectivity index (χ3n) is 6.83. The number of carbonyl (C=O) groups excluding carboxylic acids is 4. The van der Waals surface area contributed by atoms with Gasteiger partial charge in [0.1, 0.15) is 6.04 Å². The zero-order valence-corrected chi connectivity index (χ0v) is 19.6. The summed E-state index contributed by atoms with van der Waals surface area (Å²) in [6, 6.07) is 1.96. The largest absolute Gasteiger partial charge is 0.416 e. The van der Waals surface area contributed by atoms with Crippen LogP contribution in [0.3, 0.4) is 0 Å². The number of hydrogen-bond acceptors (Lipinski definition) is 4. The van der Waals surface area contributed by atoms with Crippen molar-refractivity contribution in [3.8, 4) is 0 Å². The maximum absolute atomic E-state index is 13.7. The lowest BCUT2D eigenvalue weighted by Crippen LogP contribution is -2.55. The number of alkyl halides is 3. The predicted molar refractivity (Wildman–Crippen MR) is 118 cm³/mol. The lowest BCUT2D eigenvalue weighted by atomic mass is 9.91. The van der Waals surface area contributed by atoms with Crippen LogP contribution in [0.5, 0.6) is 0 Å². The van der Waals surface area contributed by atoms with Crippen molar-refractivity contribution in [3.05, 3.63) is 46.7 Å². The van der Waals surface area contributed by atoms with Crippen LogP contribution in [0.1, 0.15) is 31.0 Å². The number of benzene rings is 1. The van der Waals surface area contributed by atoms with Gasteiger partial charge in [0.25, 0.3) is 5.91 Å². The first-order chi connectivity index (χ1) is 16.4. The molecule has 2 atom stereocenters. The summed E-state index contributed by atoms with van der Waals surface area (Å²) in [5.74, 6) is -1.00. The Kier molecular flexibility index (Phi) is 6.24. The van der Waals surface area contributed by atoms with E-state index in [-0.39, 0.29) is 35.2 Å². The maximum atomic E-state index is 13.7. The van der Waals surface area contributed by atoms with Crippen molar-refractivity contribution >= 4 is 23.8 Å². The second kappa shape index (κ2) is 8.90. The van der Waals surface area contributed by atoms with Crippen LogP contribution in [-0.2, 0) is 20.6 Å². The first-order valence-corrected chi connectivity index (χ1v) is 11.2. The molecule has 0 saturated carbocycles. The number of nitrogens with zero attached hydrogens (tertiary/aromatic N) is 4. The molecule has 5 amide bonds. The van der Waals surface area contributed by atoms with Crippen molar-refractivity contribution in [2.24, 2.45) is 0 Å². The fourth-order valence-electron chi connectivity index (χ4n) is 4.78. The van der Waals surface area contributed by atoms with Gasteiger partial charge in [-0.3, -0.25) is 19.3 Å². The first-order valence-electron chi connectivity index (χ1n) is 11.2. The van der Waals surface area contributed by atoms with Crippen molar-refractivity contribution in [3.63, 3.8) is 0 Å². The maximum Gasteiger partial charge on any atom is 0.416 e. The average Bonchev–Trinajstić information content (AvgIpc) is 3.17. The Morgan fingerprint density at radius 2 is 1.66 bits per heavy atom. The normalized spacial score (nSPS) is 21.8. The van der Waals surface area contributed by atoms with E-state index in [1.165, 1.54) is 42.0 Å². The van der Waals surface area contributed by atoms with Gasteiger partial charge >= 0.3 is 12.2 Å². The van der Waals surface area contributed by atoms with E-state index in [0.717, 1.165) is 6.07 Å². The van der Waals surface area contributed by atoms with Crippen LogP contribution in [0.25, 0.3) is 0 Å². The van der Waals surface area contributed by atoms with Crippen LogP contribution in [0.15, 0.2) is 35.5 Å². The molecular weight excluding hydrogens is 467 g/mol. The number of piperazine rings is 1. The second-order valence-electron chi connectivity index (χ2n) is 8.83. The van der Waals surface area contributed by atoms with Crippen LogP contribution in [-0.4, -0.2) is 89.2 Å². The smallest absolute Gasteiger partial charge is 0.339 e. The summed E-state index contributed by atoms with van der Waals surface area (Å²) < 4.78 is 41.1. The van der Waals surface area contributed by atoms with Crippen molar-refractivity contribution in [1.82, 2.24) is 24.9 Å². The molecule has 188 valence electrons. The highest BCUT2D eigenvalue weighted by molar-refractivity contribution is 6.03. The molecule has 0 radical (unpaired) electrons. The van der Waals surface area contributed by atoms with E-state index in [1.807, 2.05) is 0 Å². The second-order valence-corrected chi connectivity index (χ2v) is 8.83. The molecule has 1 fully saturated rings. The van der Waals surface area contributed by atoms with E-state index in [2.05, 4.69) is 5.32 Å². The van der Waals surface area contributed by atoms with Crippen LogP contribution >= 0.6 is 0 Å². The molecule has 35 heavy (non-hydrogen) atoms. The molecule has 1 aromatic carbocycles. The first kappa shape index (κ1) is 24.6. The van der Waals surface area contributed by atoms with Crippen molar-refractivity contribution in [2.45, 2.75) is 32.1 Å². The predicted octanol–water partition coefficient (Wildman–Crippen LogP) is 1.58. The van der Waals surface area contributed by atoms with Crippen LogP contribution in [0.4, 0.5) is 18.0 Å². The van der Waals surface area contributed by atoms with E-state index in [9.17, 15) is 32.3 Å². The molecule has 1 saturated heterocycles.